The highest BCUT2D eigenvalue weighted by atomic mass is 16.5. The maximum atomic E-state index is 6.18. The molecule has 3 nitrogen and oxygen atoms in total. The molecule has 4 rings (SSSR count). The minimum atomic E-state index is 0.491. The van der Waals surface area contributed by atoms with Crippen LogP contribution in [0.4, 0.5) is 0 Å². The molecule has 0 unspecified atom stereocenters. The molecule has 0 radical (unpaired) electrons. The third kappa shape index (κ3) is 5.91. The summed E-state index contributed by atoms with van der Waals surface area (Å²) in [6, 6.07) is 23.1. The average Bonchev–Trinajstić information content (AvgIpc) is 3.19. The maximum Gasteiger partial charge on any atom is 0.147 e. The zero-order valence-electron chi connectivity index (χ0n) is 19.4. The largest absolute Gasteiger partial charge is 0.486 e. The van der Waals surface area contributed by atoms with Gasteiger partial charge in [0.05, 0.1) is 11.0 Å². The second kappa shape index (κ2) is 11.7. The zero-order valence-corrected chi connectivity index (χ0v) is 19.4. The monoisotopic (exact) mass is 428 g/mol. The summed E-state index contributed by atoms with van der Waals surface area (Å²) in [6.07, 6.45) is 12.1. The first kappa shape index (κ1) is 22.4. The molecular weight excluding hydrogens is 392 g/mol. The van der Waals surface area contributed by atoms with E-state index < -0.39 is 0 Å². The van der Waals surface area contributed by atoms with E-state index in [0.29, 0.717) is 6.61 Å². The van der Waals surface area contributed by atoms with Gasteiger partial charge in [0.25, 0.3) is 0 Å². The fraction of sp³-hybridized carbons (Fsp3) is 0.414. The second-order valence-electron chi connectivity index (χ2n) is 8.79. The lowest BCUT2D eigenvalue weighted by molar-refractivity contribution is 0.290. The van der Waals surface area contributed by atoms with E-state index in [2.05, 4.69) is 78.2 Å². The van der Waals surface area contributed by atoms with Crippen molar-refractivity contribution in [1.82, 2.24) is 9.55 Å². The number of benzene rings is 3. The molecule has 1 heterocycles. The quantitative estimate of drug-likeness (QED) is 0.200. The van der Waals surface area contributed by atoms with Crippen LogP contribution in [0.25, 0.3) is 21.8 Å². The van der Waals surface area contributed by atoms with E-state index in [1.165, 1.54) is 74.1 Å². The van der Waals surface area contributed by atoms with E-state index in [1.807, 2.05) is 0 Å². The molecule has 168 valence electrons. The topological polar surface area (TPSA) is 27.1 Å². The van der Waals surface area contributed by atoms with Gasteiger partial charge in [0.1, 0.15) is 18.2 Å². The Kier molecular flexibility index (Phi) is 8.19. The number of hydrogen-bond donors (Lipinski definition) is 0. The Bertz CT molecular complexity index is 1110. The number of rotatable bonds is 13. The van der Waals surface area contributed by atoms with Crippen molar-refractivity contribution >= 4 is 21.8 Å². The molecule has 0 saturated carbocycles. The van der Waals surface area contributed by atoms with E-state index in [1.54, 1.807) is 0 Å². The molecule has 0 fully saturated rings. The maximum absolute atomic E-state index is 6.18. The van der Waals surface area contributed by atoms with Crippen LogP contribution in [0.15, 0.2) is 66.7 Å². The standard InChI is InChI=1S/C29H36N2O/c1-2-3-4-5-6-7-8-9-14-21-31-28-18-13-12-17-27(28)30-29(31)23-32-26-20-19-24-15-10-11-16-25(24)22-26/h10-13,15-20,22H,2-9,14,21,23H2,1H3. The van der Waals surface area contributed by atoms with Crippen molar-refractivity contribution in [2.75, 3.05) is 0 Å². The van der Waals surface area contributed by atoms with Crippen LogP contribution in [-0.2, 0) is 13.2 Å². The molecule has 0 aliphatic heterocycles. The van der Waals surface area contributed by atoms with Gasteiger partial charge < -0.3 is 9.30 Å². The van der Waals surface area contributed by atoms with Crippen molar-refractivity contribution in [2.45, 2.75) is 77.9 Å². The third-order valence-electron chi connectivity index (χ3n) is 6.31. The molecule has 0 bridgehead atoms. The van der Waals surface area contributed by atoms with E-state index in [9.17, 15) is 0 Å². The number of nitrogens with zero attached hydrogens (tertiary/aromatic N) is 2. The van der Waals surface area contributed by atoms with Gasteiger partial charge in [-0.05, 0) is 41.5 Å². The van der Waals surface area contributed by atoms with Crippen LogP contribution in [0, 0.1) is 0 Å². The molecule has 3 aromatic carbocycles. The fourth-order valence-electron chi connectivity index (χ4n) is 4.47. The van der Waals surface area contributed by atoms with Crippen LogP contribution < -0.4 is 4.74 Å². The molecule has 4 aromatic rings. The number of aryl methyl sites for hydroxylation is 1. The Morgan fingerprint density at radius 2 is 1.41 bits per heavy atom. The predicted molar refractivity (Wildman–Crippen MR) is 135 cm³/mol. The molecule has 0 amide bonds. The molecular formula is C29H36N2O. The number of fused-ring (bicyclic) bond motifs is 2. The van der Waals surface area contributed by atoms with Gasteiger partial charge in [0.15, 0.2) is 0 Å². The summed E-state index contributed by atoms with van der Waals surface area (Å²) >= 11 is 0. The van der Waals surface area contributed by atoms with Crippen LogP contribution in [0.5, 0.6) is 5.75 Å². The molecule has 3 heteroatoms. The minimum absolute atomic E-state index is 0.491. The van der Waals surface area contributed by atoms with Crippen molar-refractivity contribution in [1.29, 1.82) is 0 Å². The lowest BCUT2D eigenvalue weighted by Gasteiger charge is -2.11. The van der Waals surface area contributed by atoms with Gasteiger partial charge in [-0.25, -0.2) is 4.98 Å². The van der Waals surface area contributed by atoms with Crippen molar-refractivity contribution < 1.29 is 4.74 Å². The van der Waals surface area contributed by atoms with Gasteiger partial charge in [-0.15, -0.1) is 0 Å². The van der Waals surface area contributed by atoms with Crippen molar-refractivity contribution in [3.8, 4) is 5.75 Å². The van der Waals surface area contributed by atoms with Crippen LogP contribution in [0.3, 0.4) is 0 Å². The highest BCUT2D eigenvalue weighted by molar-refractivity contribution is 5.83. The minimum Gasteiger partial charge on any atom is -0.486 e. The van der Waals surface area contributed by atoms with E-state index in [-0.39, 0.29) is 0 Å². The van der Waals surface area contributed by atoms with Crippen LogP contribution in [0.2, 0.25) is 0 Å². The Morgan fingerprint density at radius 1 is 0.719 bits per heavy atom. The molecule has 0 N–H and O–H groups in total. The summed E-state index contributed by atoms with van der Waals surface area (Å²) in [6.45, 7) is 3.78. The van der Waals surface area contributed by atoms with Crippen molar-refractivity contribution in [2.24, 2.45) is 0 Å². The Morgan fingerprint density at radius 3 is 2.22 bits per heavy atom. The molecule has 32 heavy (non-hydrogen) atoms. The molecule has 1 aromatic heterocycles. The SMILES string of the molecule is CCCCCCCCCCCn1c(COc2ccc3ccccc3c2)nc2ccccc21. The van der Waals surface area contributed by atoms with Gasteiger partial charge in [-0.1, -0.05) is 101 Å². The lowest BCUT2D eigenvalue weighted by atomic mass is 10.1. The van der Waals surface area contributed by atoms with Gasteiger partial charge in [-0.3, -0.25) is 0 Å². The van der Waals surface area contributed by atoms with Crippen molar-refractivity contribution in [3.63, 3.8) is 0 Å². The van der Waals surface area contributed by atoms with E-state index in [0.717, 1.165) is 23.6 Å². The highest BCUT2D eigenvalue weighted by Crippen LogP contribution is 2.23. The molecule has 0 saturated heterocycles. The Balaban J connectivity index is 1.34. The number of ether oxygens (including phenoxy) is 1. The average molecular weight is 429 g/mol. The van der Waals surface area contributed by atoms with Gasteiger partial charge >= 0.3 is 0 Å². The molecule has 0 atom stereocenters. The Labute approximate surface area is 192 Å². The Hall–Kier alpha value is -2.81. The molecule has 0 aliphatic rings. The number of para-hydroxylation sites is 2. The second-order valence-corrected chi connectivity index (χ2v) is 8.79. The molecule has 0 spiro atoms. The fourth-order valence-corrected chi connectivity index (χ4v) is 4.47. The van der Waals surface area contributed by atoms with Gasteiger partial charge in [-0.2, -0.15) is 0 Å². The zero-order chi connectivity index (χ0) is 22.0. The summed E-state index contributed by atoms with van der Waals surface area (Å²) in [4.78, 5) is 4.88. The normalized spacial score (nSPS) is 11.4. The smallest absolute Gasteiger partial charge is 0.147 e. The number of aromatic nitrogens is 2. The first-order valence-electron chi connectivity index (χ1n) is 12.4. The molecule has 0 aliphatic carbocycles. The van der Waals surface area contributed by atoms with Crippen LogP contribution >= 0.6 is 0 Å². The summed E-state index contributed by atoms with van der Waals surface area (Å²) in [7, 11) is 0. The summed E-state index contributed by atoms with van der Waals surface area (Å²) in [5.41, 5.74) is 2.27. The van der Waals surface area contributed by atoms with Crippen molar-refractivity contribution in [3.05, 3.63) is 72.6 Å². The van der Waals surface area contributed by atoms with Crippen LogP contribution in [0.1, 0.15) is 70.5 Å². The first-order chi connectivity index (χ1) is 15.8. The first-order valence-corrected chi connectivity index (χ1v) is 12.4. The summed E-state index contributed by atoms with van der Waals surface area (Å²) in [5.74, 6) is 1.91. The number of imidazole rings is 1. The summed E-state index contributed by atoms with van der Waals surface area (Å²) in [5, 5.41) is 2.44. The number of unbranched alkanes of at least 4 members (excludes halogenated alkanes) is 8. The van der Waals surface area contributed by atoms with E-state index in [4.69, 9.17) is 9.72 Å². The predicted octanol–water partition coefficient (Wildman–Crippen LogP) is 8.30. The van der Waals surface area contributed by atoms with Crippen LogP contribution in [-0.4, -0.2) is 9.55 Å². The highest BCUT2D eigenvalue weighted by Gasteiger charge is 2.11. The van der Waals surface area contributed by atoms with Gasteiger partial charge in [0, 0.05) is 6.54 Å². The van der Waals surface area contributed by atoms with E-state index >= 15 is 0 Å². The third-order valence-corrected chi connectivity index (χ3v) is 6.31. The number of hydrogen-bond acceptors (Lipinski definition) is 2. The van der Waals surface area contributed by atoms with Gasteiger partial charge in [0.2, 0.25) is 0 Å². The lowest BCUT2D eigenvalue weighted by Crippen LogP contribution is -2.07. The summed E-state index contributed by atoms with van der Waals surface area (Å²) < 4.78 is 8.54.